The standard InChI is InChI=1S/C18H15N3OS2/c1-11-9-16(22)20-21-17(11)12-7-8-15-14(10-12)19-18(24-15)23-13-5-3-2-4-6-13/h2-8,10-11H,9H2,1H3,(H,20,22). The lowest BCUT2D eigenvalue weighted by Crippen LogP contribution is -2.31. The Hall–Kier alpha value is -2.18. The number of nitrogens with zero attached hydrogens (tertiary/aromatic N) is 2. The number of aromatic nitrogens is 1. The second-order valence-electron chi connectivity index (χ2n) is 5.71. The van der Waals surface area contributed by atoms with E-state index in [9.17, 15) is 4.79 Å². The summed E-state index contributed by atoms with van der Waals surface area (Å²) in [6.45, 7) is 2.03. The van der Waals surface area contributed by atoms with E-state index in [0.29, 0.717) is 6.42 Å². The Bertz CT molecular complexity index is 934. The average molecular weight is 353 g/mol. The fourth-order valence-corrected chi connectivity index (χ4v) is 4.74. The van der Waals surface area contributed by atoms with E-state index in [2.05, 4.69) is 40.9 Å². The maximum absolute atomic E-state index is 11.4. The van der Waals surface area contributed by atoms with Gasteiger partial charge in [0.1, 0.15) is 0 Å². The van der Waals surface area contributed by atoms with Gasteiger partial charge in [-0.2, -0.15) is 5.10 Å². The second-order valence-corrected chi connectivity index (χ2v) is 8.07. The molecule has 4 rings (SSSR count). The Morgan fingerprint density at radius 3 is 2.83 bits per heavy atom. The highest BCUT2D eigenvalue weighted by molar-refractivity contribution is 8.01. The summed E-state index contributed by atoms with van der Waals surface area (Å²) in [5.74, 6) is 0.0931. The zero-order chi connectivity index (χ0) is 16.5. The molecular formula is C18H15N3OS2. The number of hydrazone groups is 1. The van der Waals surface area contributed by atoms with Crippen molar-refractivity contribution in [2.75, 3.05) is 0 Å². The highest BCUT2D eigenvalue weighted by Gasteiger charge is 2.22. The lowest BCUT2D eigenvalue weighted by atomic mass is 9.94. The van der Waals surface area contributed by atoms with E-state index in [1.807, 2.05) is 25.1 Å². The Kier molecular flexibility index (Phi) is 4.08. The van der Waals surface area contributed by atoms with Crippen LogP contribution in [-0.4, -0.2) is 16.6 Å². The van der Waals surface area contributed by atoms with E-state index in [0.717, 1.165) is 25.8 Å². The highest BCUT2D eigenvalue weighted by atomic mass is 32.2. The van der Waals surface area contributed by atoms with Crippen LogP contribution in [0.1, 0.15) is 18.9 Å². The molecule has 0 saturated carbocycles. The Morgan fingerprint density at radius 2 is 2.04 bits per heavy atom. The minimum Gasteiger partial charge on any atom is -0.273 e. The summed E-state index contributed by atoms with van der Waals surface area (Å²) in [4.78, 5) is 17.3. The van der Waals surface area contributed by atoms with Crippen molar-refractivity contribution in [1.29, 1.82) is 0 Å². The van der Waals surface area contributed by atoms with Crippen molar-refractivity contribution >= 4 is 44.9 Å². The van der Waals surface area contributed by atoms with Gasteiger partial charge in [-0.05, 0) is 24.3 Å². The number of amides is 1. The van der Waals surface area contributed by atoms with Crippen LogP contribution in [0.3, 0.4) is 0 Å². The maximum atomic E-state index is 11.4. The minimum atomic E-state index is -0.0254. The van der Waals surface area contributed by atoms with Gasteiger partial charge < -0.3 is 0 Å². The smallest absolute Gasteiger partial charge is 0.240 e. The van der Waals surface area contributed by atoms with Gasteiger partial charge in [0.15, 0.2) is 4.34 Å². The molecule has 6 heteroatoms. The number of rotatable bonds is 3. The van der Waals surface area contributed by atoms with Crippen LogP contribution in [0.2, 0.25) is 0 Å². The third-order valence-corrected chi connectivity index (χ3v) is 5.98. The number of hydrogen-bond acceptors (Lipinski definition) is 5. The van der Waals surface area contributed by atoms with Crippen LogP contribution in [0.25, 0.3) is 10.2 Å². The molecule has 1 aliphatic rings. The van der Waals surface area contributed by atoms with Crippen LogP contribution < -0.4 is 5.43 Å². The van der Waals surface area contributed by atoms with Gasteiger partial charge in [-0.25, -0.2) is 10.4 Å². The van der Waals surface area contributed by atoms with Gasteiger partial charge in [-0.1, -0.05) is 43.0 Å². The topological polar surface area (TPSA) is 54.4 Å². The molecule has 1 aliphatic heterocycles. The number of carbonyl (C=O) groups excluding carboxylic acids is 1. The number of benzene rings is 2. The molecule has 24 heavy (non-hydrogen) atoms. The molecule has 0 saturated heterocycles. The largest absolute Gasteiger partial charge is 0.273 e. The van der Waals surface area contributed by atoms with E-state index < -0.39 is 0 Å². The van der Waals surface area contributed by atoms with Crippen molar-refractivity contribution in [2.24, 2.45) is 11.0 Å². The van der Waals surface area contributed by atoms with Crippen molar-refractivity contribution in [3.63, 3.8) is 0 Å². The van der Waals surface area contributed by atoms with E-state index in [1.54, 1.807) is 23.1 Å². The molecule has 1 aromatic heterocycles. The predicted octanol–water partition coefficient (Wildman–Crippen LogP) is 4.31. The molecule has 0 fully saturated rings. The van der Waals surface area contributed by atoms with Gasteiger partial charge in [-0.3, -0.25) is 4.79 Å². The van der Waals surface area contributed by atoms with Crippen LogP contribution >= 0.6 is 23.1 Å². The summed E-state index contributed by atoms with van der Waals surface area (Å²) in [7, 11) is 0. The van der Waals surface area contributed by atoms with Crippen molar-refractivity contribution in [1.82, 2.24) is 10.4 Å². The lowest BCUT2D eigenvalue weighted by molar-refractivity contribution is -0.121. The van der Waals surface area contributed by atoms with Crippen molar-refractivity contribution in [3.8, 4) is 0 Å². The van der Waals surface area contributed by atoms with Gasteiger partial charge in [-0.15, -0.1) is 11.3 Å². The quantitative estimate of drug-likeness (QED) is 0.763. The first-order valence-electron chi connectivity index (χ1n) is 7.69. The number of carbonyl (C=O) groups is 1. The molecule has 3 aromatic rings. The molecule has 0 aliphatic carbocycles. The van der Waals surface area contributed by atoms with Gasteiger partial charge in [0.2, 0.25) is 5.91 Å². The first kappa shape index (κ1) is 15.4. The van der Waals surface area contributed by atoms with Gasteiger partial charge in [0, 0.05) is 22.8 Å². The SMILES string of the molecule is CC1CC(=O)NN=C1c1ccc2sc(Sc3ccccc3)nc2c1. The predicted molar refractivity (Wildman–Crippen MR) is 98.6 cm³/mol. The average Bonchev–Trinajstić information content (AvgIpc) is 2.97. The van der Waals surface area contributed by atoms with Crippen molar-refractivity contribution in [3.05, 3.63) is 54.1 Å². The summed E-state index contributed by atoms with van der Waals surface area (Å²) in [5.41, 5.74) is 5.49. The third-order valence-electron chi connectivity index (χ3n) is 3.87. The first-order chi connectivity index (χ1) is 11.7. The lowest BCUT2D eigenvalue weighted by Gasteiger charge is -2.18. The van der Waals surface area contributed by atoms with Crippen LogP contribution in [0, 0.1) is 5.92 Å². The van der Waals surface area contributed by atoms with Crippen molar-refractivity contribution < 1.29 is 4.79 Å². The van der Waals surface area contributed by atoms with Crippen LogP contribution in [0.4, 0.5) is 0 Å². The van der Waals surface area contributed by atoms with Crippen LogP contribution in [0.15, 0.2) is 62.9 Å². The van der Waals surface area contributed by atoms with E-state index >= 15 is 0 Å². The molecule has 0 spiro atoms. The first-order valence-corrected chi connectivity index (χ1v) is 9.32. The summed E-state index contributed by atoms with van der Waals surface area (Å²) < 4.78 is 2.19. The fourth-order valence-electron chi connectivity index (χ4n) is 2.70. The molecule has 4 nitrogen and oxygen atoms in total. The number of nitrogens with one attached hydrogen (secondary N) is 1. The molecule has 120 valence electrons. The molecule has 0 bridgehead atoms. The van der Waals surface area contributed by atoms with Crippen LogP contribution in [0.5, 0.6) is 0 Å². The molecule has 1 amide bonds. The maximum Gasteiger partial charge on any atom is 0.240 e. The van der Waals surface area contributed by atoms with E-state index in [1.165, 1.54) is 4.90 Å². The molecule has 2 aromatic carbocycles. The number of hydrogen-bond donors (Lipinski definition) is 1. The molecule has 0 radical (unpaired) electrons. The molecule has 2 heterocycles. The number of thiazole rings is 1. The summed E-state index contributed by atoms with van der Waals surface area (Å²) in [6.07, 6.45) is 0.475. The zero-order valence-corrected chi connectivity index (χ0v) is 14.7. The minimum absolute atomic E-state index is 0.0254. The highest BCUT2D eigenvalue weighted by Crippen LogP contribution is 2.34. The van der Waals surface area contributed by atoms with E-state index in [-0.39, 0.29) is 11.8 Å². The fraction of sp³-hybridized carbons (Fsp3) is 0.167. The van der Waals surface area contributed by atoms with Gasteiger partial charge in [0.25, 0.3) is 0 Å². The van der Waals surface area contributed by atoms with E-state index in [4.69, 9.17) is 4.98 Å². The molecule has 1 atom stereocenters. The number of fused-ring (bicyclic) bond motifs is 1. The molecule has 1 unspecified atom stereocenters. The Labute approximate surface area is 148 Å². The zero-order valence-electron chi connectivity index (χ0n) is 13.0. The normalized spacial score (nSPS) is 17.6. The van der Waals surface area contributed by atoms with Gasteiger partial charge >= 0.3 is 0 Å². The summed E-state index contributed by atoms with van der Waals surface area (Å²) in [5, 5.41) is 4.23. The molecular weight excluding hydrogens is 338 g/mol. The second kappa shape index (κ2) is 6.37. The van der Waals surface area contributed by atoms with Gasteiger partial charge in [0.05, 0.1) is 15.9 Å². The third kappa shape index (κ3) is 3.07. The Balaban J connectivity index is 1.65. The summed E-state index contributed by atoms with van der Waals surface area (Å²) in [6, 6.07) is 16.5. The van der Waals surface area contributed by atoms with Crippen LogP contribution in [-0.2, 0) is 4.79 Å². The monoisotopic (exact) mass is 353 g/mol. The Morgan fingerprint density at radius 1 is 1.21 bits per heavy atom. The molecule has 1 N–H and O–H groups in total. The summed E-state index contributed by atoms with van der Waals surface area (Å²) >= 11 is 3.37. The van der Waals surface area contributed by atoms with Crippen molar-refractivity contribution in [2.45, 2.75) is 22.6 Å².